The average Bonchev–Trinajstić information content (AvgIpc) is 2.84. The second kappa shape index (κ2) is 5.55. The van der Waals surface area contributed by atoms with Crippen LogP contribution >= 0.6 is 11.7 Å². The summed E-state index contributed by atoms with van der Waals surface area (Å²) in [5.74, 6) is 0.0841. The minimum atomic E-state index is -0.271. The normalized spacial score (nSPS) is 24.6. The van der Waals surface area contributed by atoms with Gasteiger partial charge in [-0.3, -0.25) is 4.79 Å². The number of aromatic nitrogens is 2. The minimum absolute atomic E-state index is 0.114. The molecule has 5 nitrogen and oxygen atoms in total. The van der Waals surface area contributed by atoms with Gasteiger partial charge in [0.15, 0.2) is 5.69 Å². The second-order valence-corrected chi connectivity index (χ2v) is 5.15. The number of amides is 1. The minimum Gasteiger partial charge on any atom is -0.393 e. The number of carbonyl (C=O) groups is 1. The lowest BCUT2D eigenvalue weighted by atomic mass is 9.86. The van der Waals surface area contributed by atoms with Crippen molar-refractivity contribution in [2.24, 2.45) is 5.92 Å². The SMILES string of the molecule is CN(CC1CCCCC1O)C(=O)c1cnsn1. The Balaban J connectivity index is 1.92. The molecule has 2 unspecified atom stereocenters. The first-order valence-corrected chi connectivity index (χ1v) is 6.62. The fourth-order valence-electron chi connectivity index (χ4n) is 2.29. The third-order valence-corrected chi connectivity index (χ3v) is 3.78. The molecule has 1 aliphatic carbocycles. The maximum absolute atomic E-state index is 11.9. The fourth-order valence-corrected chi connectivity index (χ4v) is 2.70. The van der Waals surface area contributed by atoms with E-state index in [-0.39, 0.29) is 17.9 Å². The molecule has 1 aliphatic rings. The Kier molecular flexibility index (Phi) is 4.06. The molecule has 1 fully saturated rings. The smallest absolute Gasteiger partial charge is 0.274 e. The Morgan fingerprint density at radius 2 is 2.35 bits per heavy atom. The first-order valence-electron chi connectivity index (χ1n) is 5.89. The molecular formula is C11H17N3O2S. The van der Waals surface area contributed by atoms with Crippen molar-refractivity contribution in [2.75, 3.05) is 13.6 Å². The van der Waals surface area contributed by atoms with E-state index in [1.165, 1.54) is 6.20 Å². The molecule has 1 amide bonds. The van der Waals surface area contributed by atoms with E-state index in [0.29, 0.717) is 12.2 Å². The van der Waals surface area contributed by atoms with Gasteiger partial charge in [-0.25, -0.2) is 0 Å². The Labute approximate surface area is 105 Å². The van der Waals surface area contributed by atoms with Crippen LogP contribution in [0.4, 0.5) is 0 Å². The molecule has 94 valence electrons. The summed E-state index contributed by atoms with van der Waals surface area (Å²) in [6.45, 7) is 0.595. The van der Waals surface area contributed by atoms with Crippen LogP contribution in [-0.4, -0.2) is 44.4 Å². The van der Waals surface area contributed by atoms with Crippen molar-refractivity contribution in [2.45, 2.75) is 31.8 Å². The maximum Gasteiger partial charge on any atom is 0.274 e. The molecule has 0 radical (unpaired) electrons. The first-order chi connectivity index (χ1) is 8.18. The Hall–Kier alpha value is -1.01. The van der Waals surface area contributed by atoms with Gasteiger partial charge in [-0.1, -0.05) is 12.8 Å². The van der Waals surface area contributed by atoms with E-state index >= 15 is 0 Å². The molecule has 1 aromatic heterocycles. The van der Waals surface area contributed by atoms with E-state index in [4.69, 9.17) is 0 Å². The number of hydrogen-bond acceptors (Lipinski definition) is 5. The summed E-state index contributed by atoms with van der Waals surface area (Å²) in [5.41, 5.74) is 0.391. The molecule has 0 bridgehead atoms. The molecule has 6 heteroatoms. The van der Waals surface area contributed by atoms with Crippen molar-refractivity contribution < 1.29 is 9.90 Å². The highest BCUT2D eigenvalue weighted by atomic mass is 32.1. The number of nitrogens with zero attached hydrogens (tertiary/aromatic N) is 3. The van der Waals surface area contributed by atoms with E-state index in [9.17, 15) is 9.90 Å². The Morgan fingerprint density at radius 3 is 3.00 bits per heavy atom. The Bertz CT molecular complexity index is 369. The molecule has 0 aliphatic heterocycles. The molecule has 2 atom stereocenters. The molecule has 17 heavy (non-hydrogen) atoms. The van der Waals surface area contributed by atoms with Gasteiger partial charge in [-0.2, -0.15) is 8.75 Å². The van der Waals surface area contributed by atoms with Crippen LogP contribution in [0, 0.1) is 5.92 Å². The summed E-state index contributed by atoms with van der Waals surface area (Å²) in [7, 11) is 1.75. The van der Waals surface area contributed by atoms with Crippen molar-refractivity contribution in [3.63, 3.8) is 0 Å². The molecule has 0 saturated heterocycles. The molecule has 1 aromatic rings. The monoisotopic (exact) mass is 255 g/mol. The van der Waals surface area contributed by atoms with Crippen LogP contribution in [0.2, 0.25) is 0 Å². The van der Waals surface area contributed by atoms with E-state index in [1.54, 1.807) is 11.9 Å². The van der Waals surface area contributed by atoms with Crippen molar-refractivity contribution >= 4 is 17.6 Å². The summed E-state index contributed by atoms with van der Waals surface area (Å²) < 4.78 is 7.75. The highest BCUT2D eigenvalue weighted by molar-refractivity contribution is 6.99. The van der Waals surface area contributed by atoms with Crippen molar-refractivity contribution in [3.05, 3.63) is 11.9 Å². The second-order valence-electron chi connectivity index (χ2n) is 4.59. The van der Waals surface area contributed by atoms with Crippen LogP contribution in [0.25, 0.3) is 0 Å². The molecule has 1 N–H and O–H groups in total. The van der Waals surface area contributed by atoms with Gasteiger partial charge in [-0.05, 0) is 12.8 Å². The first kappa shape index (κ1) is 12.4. The van der Waals surface area contributed by atoms with Gasteiger partial charge in [0.2, 0.25) is 0 Å². The standard InChI is InChI=1S/C11H17N3O2S/c1-14(11(16)9-6-12-17-13-9)7-8-4-2-3-5-10(8)15/h6,8,10,15H,2-5,7H2,1H3. The lowest BCUT2D eigenvalue weighted by Crippen LogP contribution is -2.38. The molecule has 2 rings (SSSR count). The number of rotatable bonds is 3. The molecule has 1 saturated carbocycles. The highest BCUT2D eigenvalue weighted by Crippen LogP contribution is 2.25. The molecule has 1 heterocycles. The lowest BCUT2D eigenvalue weighted by molar-refractivity contribution is 0.0449. The Morgan fingerprint density at radius 1 is 1.59 bits per heavy atom. The number of carbonyl (C=O) groups excluding carboxylic acids is 1. The zero-order chi connectivity index (χ0) is 12.3. The van der Waals surface area contributed by atoms with Gasteiger partial charge >= 0.3 is 0 Å². The van der Waals surface area contributed by atoms with Crippen LogP contribution in [0.15, 0.2) is 6.20 Å². The lowest BCUT2D eigenvalue weighted by Gasteiger charge is -2.30. The summed E-state index contributed by atoms with van der Waals surface area (Å²) in [6, 6.07) is 0. The average molecular weight is 255 g/mol. The van der Waals surface area contributed by atoms with Crippen molar-refractivity contribution in [1.82, 2.24) is 13.6 Å². The van der Waals surface area contributed by atoms with Crippen LogP contribution in [-0.2, 0) is 0 Å². The summed E-state index contributed by atoms with van der Waals surface area (Å²) in [6.07, 6.45) is 5.29. The fraction of sp³-hybridized carbons (Fsp3) is 0.727. The number of aliphatic hydroxyl groups is 1. The third kappa shape index (κ3) is 3.01. The van der Waals surface area contributed by atoms with Gasteiger partial charge in [0.05, 0.1) is 24.0 Å². The molecular weight excluding hydrogens is 238 g/mol. The van der Waals surface area contributed by atoms with E-state index in [0.717, 1.165) is 37.4 Å². The topological polar surface area (TPSA) is 66.3 Å². The predicted octanol–water partition coefficient (Wildman–Crippen LogP) is 1.16. The van der Waals surface area contributed by atoms with Gasteiger partial charge < -0.3 is 10.0 Å². The quantitative estimate of drug-likeness (QED) is 0.880. The molecule has 0 aromatic carbocycles. The summed E-state index contributed by atoms with van der Waals surface area (Å²) in [5, 5.41) is 9.87. The van der Waals surface area contributed by atoms with Gasteiger partial charge in [0.25, 0.3) is 5.91 Å². The van der Waals surface area contributed by atoms with Gasteiger partial charge in [-0.15, -0.1) is 0 Å². The number of aliphatic hydroxyl groups excluding tert-OH is 1. The summed E-state index contributed by atoms with van der Waals surface area (Å²) in [4.78, 5) is 13.6. The summed E-state index contributed by atoms with van der Waals surface area (Å²) >= 11 is 1.04. The van der Waals surface area contributed by atoms with Crippen LogP contribution in [0.3, 0.4) is 0 Å². The highest BCUT2D eigenvalue weighted by Gasteiger charge is 2.26. The zero-order valence-electron chi connectivity index (χ0n) is 9.87. The molecule has 0 spiro atoms. The van der Waals surface area contributed by atoms with Gasteiger partial charge in [0, 0.05) is 19.5 Å². The van der Waals surface area contributed by atoms with Crippen LogP contribution < -0.4 is 0 Å². The van der Waals surface area contributed by atoms with Crippen LogP contribution in [0.1, 0.15) is 36.2 Å². The van der Waals surface area contributed by atoms with Gasteiger partial charge in [0.1, 0.15) is 0 Å². The third-order valence-electron chi connectivity index (χ3n) is 3.30. The van der Waals surface area contributed by atoms with Crippen molar-refractivity contribution in [3.8, 4) is 0 Å². The maximum atomic E-state index is 11.9. The predicted molar refractivity (Wildman–Crippen MR) is 64.8 cm³/mol. The number of hydrogen-bond donors (Lipinski definition) is 1. The van der Waals surface area contributed by atoms with E-state index < -0.39 is 0 Å². The zero-order valence-corrected chi connectivity index (χ0v) is 10.7. The van der Waals surface area contributed by atoms with Crippen LogP contribution in [0.5, 0.6) is 0 Å². The van der Waals surface area contributed by atoms with E-state index in [2.05, 4.69) is 8.75 Å². The van der Waals surface area contributed by atoms with E-state index in [1.807, 2.05) is 0 Å². The van der Waals surface area contributed by atoms with Crippen molar-refractivity contribution in [1.29, 1.82) is 0 Å². The largest absolute Gasteiger partial charge is 0.393 e.